The number of nitrogens with zero attached hydrogens (tertiary/aromatic N) is 3. The first kappa shape index (κ1) is 29.3. The SMILES string of the molecule is CC1=CC(C(F)(F)F)(C(F)(F)F)C(C#N)=C(N)N1c1ccc2c(c1)OC(N)=C(C#N)C2(C(F)(F)F)C(F)(F)F. The van der Waals surface area contributed by atoms with E-state index in [9.17, 15) is 57.9 Å². The van der Waals surface area contributed by atoms with Crippen LogP contribution < -0.4 is 21.1 Å². The first-order chi connectivity index (χ1) is 17.5. The Hall–Kier alpha value is -4.22. The van der Waals surface area contributed by atoms with Crippen LogP contribution in [0.3, 0.4) is 0 Å². The van der Waals surface area contributed by atoms with Gasteiger partial charge in [-0.2, -0.15) is 63.2 Å². The van der Waals surface area contributed by atoms with Gasteiger partial charge in [-0.05, 0) is 19.1 Å². The minimum absolute atomic E-state index is 0.150. The van der Waals surface area contributed by atoms with Gasteiger partial charge in [-0.15, -0.1) is 0 Å². The van der Waals surface area contributed by atoms with E-state index in [1.54, 1.807) is 0 Å². The van der Waals surface area contributed by atoms with Crippen LogP contribution in [0, 0.1) is 28.1 Å². The second kappa shape index (κ2) is 8.39. The summed E-state index contributed by atoms with van der Waals surface area (Å²) in [7, 11) is 0. The molecule has 1 aromatic carbocycles. The summed E-state index contributed by atoms with van der Waals surface area (Å²) >= 11 is 0. The summed E-state index contributed by atoms with van der Waals surface area (Å²) in [5.74, 6) is -4.37. The molecule has 0 amide bonds. The monoisotopic (exact) mass is 577 g/mol. The molecule has 0 spiro atoms. The van der Waals surface area contributed by atoms with Gasteiger partial charge in [-0.25, -0.2) is 0 Å². The summed E-state index contributed by atoms with van der Waals surface area (Å²) in [5, 5.41) is 18.3. The number of nitrogens with two attached hydrogens (primary N) is 2. The Morgan fingerprint density at radius 2 is 1.28 bits per heavy atom. The van der Waals surface area contributed by atoms with E-state index in [0.29, 0.717) is 24.0 Å². The minimum Gasteiger partial charge on any atom is -0.440 e. The number of ether oxygens (including phenoxy) is 1. The highest BCUT2D eigenvalue weighted by Crippen LogP contribution is 2.62. The van der Waals surface area contributed by atoms with Gasteiger partial charge in [-0.3, -0.25) is 0 Å². The zero-order chi connectivity index (χ0) is 30.1. The van der Waals surface area contributed by atoms with Crippen LogP contribution in [0.15, 0.2) is 52.8 Å². The molecule has 6 nitrogen and oxygen atoms in total. The third-order valence-electron chi connectivity index (χ3n) is 6.11. The number of hydrogen-bond acceptors (Lipinski definition) is 6. The summed E-state index contributed by atoms with van der Waals surface area (Å²) in [5.41, 5.74) is -6.58. The Bertz CT molecular complexity index is 1370. The third-order valence-corrected chi connectivity index (χ3v) is 6.11. The van der Waals surface area contributed by atoms with E-state index >= 15 is 0 Å². The van der Waals surface area contributed by atoms with Crippen molar-refractivity contribution >= 4 is 5.69 Å². The molecule has 0 aliphatic carbocycles. The van der Waals surface area contributed by atoms with Gasteiger partial charge >= 0.3 is 24.7 Å². The van der Waals surface area contributed by atoms with E-state index < -0.39 is 87.2 Å². The molecule has 0 atom stereocenters. The number of rotatable bonds is 1. The second-order valence-electron chi connectivity index (χ2n) is 8.18. The lowest BCUT2D eigenvalue weighted by Gasteiger charge is -2.42. The van der Waals surface area contributed by atoms with Crippen molar-refractivity contribution in [3.05, 3.63) is 58.4 Å². The van der Waals surface area contributed by atoms with Crippen LogP contribution in [-0.4, -0.2) is 24.7 Å². The molecule has 0 aromatic heterocycles. The molecule has 0 radical (unpaired) electrons. The lowest BCUT2D eigenvalue weighted by atomic mass is 9.71. The standard InChI is InChI=1S/C21H11F12N5O/c1-8-5-16(18(22,23)24,19(25,26)27)11(6-34)14(36)38(8)9-2-3-10-13(4-9)39-15(37)12(7-35)17(10,20(28,29)30)21(31,32)33/h2-5H,36-37H2,1H3. The molecule has 18 heteroatoms. The quantitative estimate of drug-likeness (QED) is 0.417. The van der Waals surface area contributed by atoms with E-state index in [1.165, 1.54) is 0 Å². The molecule has 0 bridgehead atoms. The molecule has 1 aromatic rings. The molecular formula is C21H11F12N5O. The molecule has 210 valence electrons. The van der Waals surface area contributed by atoms with Crippen molar-refractivity contribution in [2.75, 3.05) is 4.90 Å². The number of halogens is 12. The fourth-order valence-electron chi connectivity index (χ4n) is 4.47. The predicted molar refractivity (Wildman–Crippen MR) is 105 cm³/mol. The van der Waals surface area contributed by atoms with Crippen LogP contribution in [0.1, 0.15) is 12.5 Å². The van der Waals surface area contributed by atoms with Gasteiger partial charge in [-0.1, -0.05) is 6.07 Å². The Balaban J connectivity index is 2.36. The summed E-state index contributed by atoms with van der Waals surface area (Å²) in [4.78, 5) is 0.362. The second-order valence-corrected chi connectivity index (χ2v) is 8.18. The number of alkyl halides is 12. The van der Waals surface area contributed by atoms with Crippen molar-refractivity contribution in [2.45, 2.75) is 37.0 Å². The van der Waals surface area contributed by atoms with Gasteiger partial charge in [0.05, 0.1) is 11.3 Å². The topological polar surface area (TPSA) is 112 Å². The summed E-state index contributed by atoms with van der Waals surface area (Å²) < 4.78 is 172. The number of fused-ring (bicyclic) bond motifs is 1. The highest BCUT2D eigenvalue weighted by atomic mass is 19.4. The van der Waals surface area contributed by atoms with Gasteiger partial charge in [0.25, 0.3) is 0 Å². The number of benzene rings is 1. The average Bonchev–Trinajstić information content (AvgIpc) is 2.74. The fraction of sp³-hybridized carbons (Fsp3) is 0.333. The van der Waals surface area contributed by atoms with Gasteiger partial charge in [0.1, 0.15) is 29.3 Å². The van der Waals surface area contributed by atoms with Crippen LogP contribution in [-0.2, 0) is 5.41 Å². The van der Waals surface area contributed by atoms with Gasteiger partial charge < -0.3 is 21.1 Å². The lowest BCUT2D eigenvalue weighted by Crippen LogP contribution is -2.57. The highest BCUT2D eigenvalue weighted by Gasteiger charge is 2.77. The summed E-state index contributed by atoms with van der Waals surface area (Å²) in [6, 6.07) is 2.45. The maximum absolute atomic E-state index is 14.1. The van der Waals surface area contributed by atoms with Crippen LogP contribution in [0.2, 0.25) is 0 Å². The van der Waals surface area contributed by atoms with Gasteiger partial charge in [0.15, 0.2) is 0 Å². The number of nitriles is 2. The van der Waals surface area contributed by atoms with Crippen molar-refractivity contribution < 1.29 is 57.4 Å². The number of allylic oxidation sites excluding steroid dienone is 4. The van der Waals surface area contributed by atoms with Crippen LogP contribution in [0.4, 0.5) is 58.4 Å². The minimum atomic E-state index is -6.23. The zero-order valence-electron chi connectivity index (χ0n) is 18.7. The molecule has 4 N–H and O–H groups in total. The molecule has 0 unspecified atom stereocenters. The molecule has 3 rings (SSSR count). The van der Waals surface area contributed by atoms with Crippen molar-refractivity contribution in [1.82, 2.24) is 0 Å². The van der Waals surface area contributed by atoms with Crippen LogP contribution >= 0.6 is 0 Å². The number of anilines is 1. The Kier molecular flexibility index (Phi) is 6.31. The molecule has 0 saturated heterocycles. The molecule has 39 heavy (non-hydrogen) atoms. The lowest BCUT2D eigenvalue weighted by molar-refractivity contribution is -0.306. The van der Waals surface area contributed by atoms with E-state index in [0.717, 1.165) is 12.1 Å². The predicted octanol–water partition coefficient (Wildman–Crippen LogP) is 5.66. The maximum Gasteiger partial charge on any atom is 0.412 e. The normalized spacial score (nSPS) is 19.6. The highest BCUT2D eigenvalue weighted by molar-refractivity contribution is 5.69. The van der Waals surface area contributed by atoms with Gasteiger partial charge in [0, 0.05) is 17.3 Å². The van der Waals surface area contributed by atoms with Crippen LogP contribution in [0.5, 0.6) is 5.75 Å². The molecule has 0 fully saturated rings. The van der Waals surface area contributed by atoms with E-state index in [1.807, 2.05) is 0 Å². The van der Waals surface area contributed by atoms with Crippen molar-refractivity contribution in [2.24, 2.45) is 16.9 Å². The molecule has 2 aliphatic heterocycles. The molecular weight excluding hydrogens is 566 g/mol. The van der Waals surface area contributed by atoms with E-state index in [2.05, 4.69) is 0 Å². The molecule has 2 heterocycles. The van der Waals surface area contributed by atoms with E-state index in [4.69, 9.17) is 21.5 Å². The largest absolute Gasteiger partial charge is 0.440 e. The van der Waals surface area contributed by atoms with Gasteiger partial charge in [0.2, 0.25) is 16.7 Å². The Labute approximate surface area is 209 Å². The maximum atomic E-state index is 14.1. The molecule has 2 aliphatic rings. The Morgan fingerprint density at radius 1 is 0.795 bits per heavy atom. The third kappa shape index (κ3) is 3.72. The first-order valence-electron chi connectivity index (χ1n) is 9.94. The summed E-state index contributed by atoms with van der Waals surface area (Å²) in [6.07, 6.45) is -25.1. The van der Waals surface area contributed by atoms with Crippen molar-refractivity contribution in [3.63, 3.8) is 0 Å². The first-order valence-corrected chi connectivity index (χ1v) is 9.94. The zero-order valence-corrected chi connectivity index (χ0v) is 18.7. The average molecular weight is 577 g/mol. The Morgan fingerprint density at radius 3 is 1.69 bits per heavy atom. The number of hydrogen-bond donors (Lipinski definition) is 2. The fourth-order valence-corrected chi connectivity index (χ4v) is 4.47. The smallest absolute Gasteiger partial charge is 0.412 e. The van der Waals surface area contributed by atoms with E-state index in [-0.39, 0.29) is 6.07 Å². The van der Waals surface area contributed by atoms with Crippen molar-refractivity contribution in [1.29, 1.82) is 10.5 Å². The van der Waals surface area contributed by atoms with Crippen LogP contribution in [0.25, 0.3) is 0 Å². The molecule has 0 saturated carbocycles. The van der Waals surface area contributed by atoms with Crippen molar-refractivity contribution in [3.8, 4) is 17.9 Å². The summed E-state index contributed by atoms with van der Waals surface area (Å²) in [6.45, 7) is 0.672.